The van der Waals surface area contributed by atoms with Crippen LogP contribution in [0.25, 0.3) is 0 Å². The van der Waals surface area contributed by atoms with Crippen molar-refractivity contribution >= 4 is 17.6 Å². The molecule has 4 aliphatic rings. The van der Waals surface area contributed by atoms with Crippen LogP contribution in [0.15, 0.2) is 48.5 Å². The molecule has 2 N–H and O–H groups in total. The monoisotopic (exact) mass is 407 g/mol. The van der Waals surface area contributed by atoms with Gasteiger partial charge in [0.1, 0.15) is 11.5 Å². The van der Waals surface area contributed by atoms with Gasteiger partial charge >= 0.3 is 6.01 Å². The maximum atomic E-state index is 5.81. The van der Waals surface area contributed by atoms with E-state index in [0.29, 0.717) is 38.3 Å². The largest absolute Gasteiger partial charge is 0.494 e. The van der Waals surface area contributed by atoms with E-state index in [1.807, 2.05) is 55.5 Å². The van der Waals surface area contributed by atoms with E-state index in [0.717, 1.165) is 35.6 Å². The van der Waals surface area contributed by atoms with Crippen LogP contribution >= 0.6 is 0 Å². The van der Waals surface area contributed by atoms with Crippen LogP contribution in [-0.4, -0.2) is 34.8 Å². The molecule has 7 rings (SSSR count). The second kappa shape index (κ2) is 9.78. The zero-order valence-corrected chi connectivity index (χ0v) is 16.9. The second-order valence-electron chi connectivity index (χ2n) is 6.75. The quantitative estimate of drug-likeness (QED) is 0.654. The Labute approximate surface area is 175 Å². The Bertz CT molecular complexity index is 948. The van der Waals surface area contributed by atoms with Gasteiger partial charge in [0.2, 0.25) is 11.9 Å². The SMILES string of the molecule is CCOc1nc2nc(n1)Nc1ccc(cc1)OCCCCOc1ccc(cc1)CN2. The van der Waals surface area contributed by atoms with Gasteiger partial charge in [0.25, 0.3) is 0 Å². The van der Waals surface area contributed by atoms with E-state index in [1.54, 1.807) is 0 Å². The van der Waals surface area contributed by atoms with Gasteiger partial charge in [0, 0.05) is 12.2 Å². The number of aromatic nitrogens is 3. The van der Waals surface area contributed by atoms with Crippen molar-refractivity contribution in [2.75, 3.05) is 30.5 Å². The van der Waals surface area contributed by atoms with Crippen molar-refractivity contribution in [1.82, 2.24) is 15.0 Å². The highest BCUT2D eigenvalue weighted by Crippen LogP contribution is 2.21. The highest BCUT2D eigenvalue weighted by molar-refractivity contribution is 5.55. The van der Waals surface area contributed by atoms with E-state index in [-0.39, 0.29) is 6.01 Å². The maximum absolute atomic E-state index is 5.81. The first kappa shape index (κ1) is 19.8. The van der Waals surface area contributed by atoms with Crippen molar-refractivity contribution < 1.29 is 14.2 Å². The predicted molar refractivity (Wildman–Crippen MR) is 115 cm³/mol. The normalized spacial score (nSPS) is 14.0. The number of rotatable bonds is 2. The van der Waals surface area contributed by atoms with Crippen LogP contribution in [0.5, 0.6) is 17.5 Å². The highest BCUT2D eigenvalue weighted by Gasteiger charge is 2.09. The molecule has 0 fully saturated rings. The minimum absolute atomic E-state index is 0.267. The summed E-state index contributed by atoms with van der Waals surface area (Å²) in [6.45, 7) is 4.24. The zero-order chi connectivity index (χ0) is 20.6. The number of hydrogen-bond acceptors (Lipinski definition) is 8. The van der Waals surface area contributed by atoms with Crippen LogP contribution in [0.1, 0.15) is 25.3 Å². The summed E-state index contributed by atoms with van der Waals surface area (Å²) in [6.07, 6.45) is 1.86. The number of nitrogens with one attached hydrogen (secondary N) is 2. The summed E-state index contributed by atoms with van der Waals surface area (Å²) in [5, 5.41) is 6.43. The fourth-order valence-corrected chi connectivity index (χ4v) is 2.92. The third kappa shape index (κ3) is 5.50. The van der Waals surface area contributed by atoms with Gasteiger partial charge in [0.15, 0.2) is 0 Å². The van der Waals surface area contributed by atoms with Gasteiger partial charge in [-0.05, 0) is 61.7 Å². The Balaban J connectivity index is 1.58. The molecule has 8 nitrogen and oxygen atoms in total. The molecule has 0 aliphatic carbocycles. The number of nitrogens with zero attached hydrogens (tertiary/aromatic N) is 3. The standard InChI is InChI=1S/C22H25N5O3/c1-2-28-22-26-20-23-15-16-5-9-18(10-6-16)29-13-3-4-14-30-19-11-7-17(8-12-19)24-21(25-20)27-22/h5-12H,2-4,13-15H2,1H3,(H2,23,24,25,26,27). The van der Waals surface area contributed by atoms with Gasteiger partial charge < -0.3 is 24.8 Å². The molecule has 4 aliphatic heterocycles. The molecule has 5 heterocycles. The molecule has 6 bridgehead atoms. The molecule has 0 unspecified atom stereocenters. The molecule has 1 aromatic heterocycles. The Hall–Kier alpha value is -3.55. The summed E-state index contributed by atoms with van der Waals surface area (Å²) in [4.78, 5) is 13.1. The predicted octanol–water partition coefficient (Wildman–Crippen LogP) is 4.18. The van der Waals surface area contributed by atoms with E-state index >= 15 is 0 Å². The van der Waals surface area contributed by atoms with Crippen molar-refractivity contribution in [3.05, 3.63) is 54.1 Å². The molecule has 0 amide bonds. The van der Waals surface area contributed by atoms with E-state index in [4.69, 9.17) is 14.2 Å². The molecule has 3 aromatic rings. The second-order valence-corrected chi connectivity index (χ2v) is 6.75. The van der Waals surface area contributed by atoms with Crippen molar-refractivity contribution in [3.8, 4) is 17.5 Å². The van der Waals surface area contributed by atoms with E-state index in [2.05, 4.69) is 25.6 Å². The molecular weight excluding hydrogens is 382 g/mol. The highest BCUT2D eigenvalue weighted by atomic mass is 16.5. The molecular formula is C22H25N5O3. The Morgan fingerprint density at radius 2 is 1.47 bits per heavy atom. The molecule has 8 heteroatoms. The van der Waals surface area contributed by atoms with E-state index < -0.39 is 0 Å². The van der Waals surface area contributed by atoms with Gasteiger partial charge in [-0.25, -0.2) is 0 Å². The van der Waals surface area contributed by atoms with Crippen molar-refractivity contribution in [2.45, 2.75) is 26.3 Å². The smallest absolute Gasteiger partial charge is 0.323 e. The summed E-state index contributed by atoms with van der Waals surface area (Å²) in [5.41, 5.74) is 1.94. The van der Waals surface area contributed by atoms with E-state index in [9.17, 15) is 0 Å². The molecule has 0 spiro atoms. The number of benzene rings is 2. The average Bonchev–Trinajstić information content (AvgIpc) is 2.76. The van der Waals surface area contributed by atoms with Crippen LogP contribution in [0.4, 0.5) is 17.6 Å². The molecule has 0 radical (unpaired) electrons. The molecule has 30 heavy (non-hydrogen) atoms. The fourth-order valence-electron chi connectivity index (χ4n) is 2.92. The third-order valence-corrected chi connectivity index (χ3v) is 4.45. The minimum atomic E-state index is 0.267. The zero-order valence-electron chi connectivity index (χ0n) is 16.9. The van der Waals surface area contributed by atoms with Crippen molar-refractivity contribution in [1.29, 1.82) is 0 Å². The number of anilines is 3. The van der Waals surface area contributed by atoms with Gasteiger partial charge in [-0.15, -0.1) is 0 Å². The van der Waals surface area contributed by atoms with Crippen LogP contribution < -0.4 is 24.8 Å². The van der Waals surface area contributed by atoms with Gasteiger partial charge in [0.05, 0.1) is 19.8 Å². The van der Waals surface area contributed by atoms with Gasteiger partial charge in [-0.1, -0.05) is 12.1 Å². The summed E-state index contributed by atoms with van der Waals surface area (Å²) in [5.74, 6) is 2.52. The third-order valence-electron chi connectivity index (χ3n) is 4.45. The molecule has 0 atom stereocenters. The number of hydrogen-bond donors (Lipinski definition) is 2. The lowest BCUT2D eigenvalue weighted by molar-refractivity contribution is 0.266. The lowest BCUT2D eigenvalue weighted by Gasteiger charge is -2.12. The Morgan fingerprint density at radius 1 is 0.833 bits per heavy atom. The molecule has 0 saturated carbocycles. The fraction of sp³-hybridized carbons (Fsp3) is 0.318. The molecule has 0 saturated heterocycles. The molecule has 2 aromatic carbocycles. The Morgan fingerprint density at radius 3 is 2.13 bits per heavy atom. The van der Waals surface area contributed by atoms with Crippen LogP contribution in [0, 0.1) is 0 Å². The Kier molecular flexibility index (Phi) is 6.44. The van der Waals surface area contributed by atoms with Crippen LogP contribution in [-0.2, 0) is 6.54 Å². The summed E-state index contributed by atoms with van der Waals surface area (Å²) in [7, 11) is 0. The van der Waals surface area contributed by atoms with E-state index in [1.165, 1.54) is 0 Å². The topological polar surface area (TPSA) is 90.4 Å². The van der Waals surface area contributed by atoms with Crippen molar-refractivity contribution in [3.63, 3.8) is 0 Å². The first-order chi connectivity index (χ1) is 14.8. The lowest BCUT2D eigenvalue weighted by atomic mass is 10.2. The first-order valence-electron chi connectivity index (χ1n) is 10.1. The van der Waals surface area contributed by atoms with Crippen molar-refractivity contribution in [2.24, 2.45) is 0 Å². The average molecular weight is 407 g/mol. The lowest BCUT2D eigenvalue weighted by Crippen LogP contribution is -2.09. The van der Waals surface area contributed by atoms with Gasteiger partial charge in [-0.2, -0.15) is 15.0 Å². The minimum Gasteiger partial charge on any atom is -0.494 e. The van der Waals surface area contributed by atoms with Crippen LogP contribution in [0.3, 0.4) is 0 Å². The van der Waals surface area contributed by atoms with Crippen LogP contribution in [0.2, 0.25) is 0 Å². The first-order valence-corrected chi connectivity index (χ1v) is 10.1. The summed E-state index contributed by atoms with van der Waals surface area (Å²) in [6, 6.07) is 15.9. The summed E-state index contributed by atoms with van der Waals surface area (Å²) < 4.78 is 17.1. The maximum Gasteiger partial charge on any atom is 0.323 e. The van der Waals surface area contributed by atoms with Gasteiger partial charge in [-0.3, -0.25) is 0 Å². The number of ether oxygens (including phenoxy) is 3. The molecule has 156 valence electrons. The summed E-state index contributed by atoms with van der Waals surface area (Å²) >= 11 is 0.